The van der Waals surface area contributed by atoms with Gasteiger partial charge < -0.3 is 14.2 Å². The monoisotopic (exact) mass is 253 g/mol. The van der Waals surface area contributed by atoms with Gasteiger partial charge in [-0.15, -0.1) is 0 Å². The first-order valence-corrected chi connectivity index (χ1v) is 6.13. The highest BCUT2D eigenvalue weighted by atomic mass is 16.5. The van der Waals surface area contributed by atoms with Gasteiger partial charge in [0.15, 0.2) is 5.82 Å². The quantitative estimate of drug-likeness (QED) is 0.800. The van der Waals surface area contributed by atoms with Crippen LogP contribution in [-0.4, -0.2) is 47.8 Å². The molecule has 0 aliphatic carbocycles. The van der Waals surface area contributed by atoms with Crippen LogP contribution in [0.3, 0.4) is 0 Å². The molecule has 1 aromatic heterocycles. The summed E-state index contributed by atoms with van der Waals surface area (Å²) in [5, 5.41) is 3.83. The molecular weight excluding hydrogens is 234 g/mol. The number of likely N-dealkylation sites (tertiary alicyclic amines) is 1. The van der Waals surface area contributed by atoms with E-state index in [1.165, 1.54) is 7.11 Å². The number of aromatic nitrogens is 2. The highest BCUT2D eigenvalue weighted by molar-refractivity contribution is 5.77. The van der Waals surface area contributed by atoms with Crippen molar-refractivity contribution < 1.29 is 14.1 Å². The lowest BCUT2D eigenvalue weighted by Crippen LogP contribution is -2.45. The number of rotatable bonds is 3. The van der Waals surface area contributed by atoms with E-state index in [0.717, 1.165) is 12.8 Å². The first kappa shape index (κ1) is 13.0. The van der Waals surface area contributed by atoms with Gasteiger partial charge in [-0.1, -0.05) is 12.1 Å². The van der Waals surface area contributed by atoms with E-state index >= 15 is 0 Å². The third kappa shape index (κ3) is 2.53. The molecule has 0 N–H and O–H groups in total. The minimum atomic E-state index is -0.120. The molecule has 0 spiro atoms. The Morgan fingerprint density at radius 2 is 2.17 bits per heavy atom. The Labute approximate surface area is 106 Å². The van der Waals surface area contributed by atoms with E-state index < -0.39 is 0 Å². The largest absolute Gasteiger partial charge is 0.375 e. The predicted octanol–water partition coefficient (Wildman–Crippen LogP) is 0.905. The fourth-order valence-corrected chi connectivity index (χ4v) is 2.22. The van der Waals surface area contributed by atoms with E-state index in [9.17, 15) is 4.79 Å². The molecule has 2 rings (SSSR count). The van der Waals surface area contributed by atoms with E-state index in [0.29, 0.717) is 24.8 Å². The predicted molar refractivity (Wildman–Crippen MR) is 64.1 cm³/mol. The van der Waals surface area contributed by atoms with Crippen molar-refractivity contribution in [2.75, 3.05) is 26.8 Å². The van der Waals surface area contributed by atoms with Gasteiger partial charge in [-0.3, -0.25) is 4.79 Å². The fourth-order valence-electron chi connectivity index (χ4n) is 2.22. The van der Waals surface area contributed by atoms with Gasteiger partial charge >= 0.3 is 0 Å². The highest BCUT2D eigenvalue weighted by Gasteiger charge is 2.37. The van der Waals surface area contributed by atoms with Crippen LogP contribution in [0.2, 0.25) is 0 Å². The number of piperidine rings is 1. The number of amides is 1. The zero-order valence-corrected chi connectivity index (χ0v) is 11.1. The second kappa shape index (κ2) is 5.06. The maximum absolute atomic E-state index is 11.7. The van der Waals surface area contributed by atoms with Crippen LogP contribution < -0.4 is 0 Å². The lowest BCUT2D eigenvalue weighted by atomic mass is 9.80. The zero-order chi connectivity index (χ0) is 13.2. The van der Waals surface area contributed by atoms with Gasteiger partial charge in [-0.25, -0.2) is 0 Å². The summed E-state index contributed by atoms with van der Waals surface area (Å²) >= 11 is 0. The van der Waals surface area contributed by atoms with Gasteiger partial charge in [0, 0.05) is 20.2 Å². The topological polar surface area (TPSA) is 68.5 Å². The second-order valence-electron chi connectivity index (χ2n) is 5.02. The van der Waals surface area contributed by atoms with Crippen molar-refractivity contribution >= 4 is 5.91 Å². The van der Waals surface area contributed by atoms with Gasteiger partial charge in [0.05, 0.1) is 5.41 Å². The summed E-state index contributed by atoms with van der Waals surface area (Å²) in [6.45, 7) is 5.49. The summed E-state index contributed by atoms with van der Waals surface area (Å²) in [5.41, 5.74) is -0.120. The fraction of sp³-hybridized carbons (Fsp3) is 0.750. The van der Waals surface area contributed by atoms with Gasteiger partial charge in [-0.05, 0) is 19.8 Å². The number of carbonyl (C=O) groups is 1. The van der Waals surface area contributed by atoms with Gasteiger partial charge in [-0.2, -0.15) is 4.98 Å². The molecule has 0 atom stereocenters. The highest BCUT2D eigenvalue weighted by Crippen LogP contribution is 2.33. The molecule has 2 heterocycles. The Morgan fingerprint density at radius 1 is 1.50 bits per heavy atom. The van der Waals surface area contributed by atoms with Crippen molar-refractivity contribution in [2.24, 2.45) is 0 Å². The first-order chi connectivity index (χ1) is 8.55. The van der Waals surface area contributed by atoms with Crippen molar-refractivity contribution in [2.45, 2.75) is 32.1 Å². The molecule has 6 nitrogen and oxygen atoms in total. The molecule has 0 bridgehead atoms. The molecule has 0 unspecified atom stereocenters. The second-order valence-corrected chi connectivity index (χ2v) is 5.02. The van der Waals surface area contributed by atoms with Crippen molar-refractivity contribution in [1.82, 2.24) is 15.0 Å². The Morgan fingerprint density at radius 3 is 2.67 bits per heavy atom. The van der Waals surface area contributed by atoms with Crippen LogP contribution in [0.15, 0.2) is 4.52 Å². The van der Waals surface area contributed by atoms with E-state index in [1.54, 1.807) is 0 Å². The Hall–Kier alpha value is -1.43. The van der Waals surface area contributed by atoms with Gasteiger partial charge in [0.25, 0.3) is 0 Å². The number of aryl methyl sites for hydroxylation is 1. The number of nitrogens with zero attached hydrogens (tertiary/aromatic N) is 3. The molecule has 6 heteroatoms. The minimum Gasteiger partial charge on any atom is -0.375 e. The Bertz CT molecular complexity index is 422. The van der Waals surface area contributed by atoms with Crippen LogP contribution in [-0.2, 0) is 14.9 Å². The number of hydrogen-bond acceptors (Lipinski definition) is 5. The summed E-state index contributed by atoms with van der Waals surface area (Å²) in [5.74, 6) is 1.38. The molecule has 0 aromatic carbocycles. The molecular formula is C12H19N3O3. The van der Waals surface area contributed by atoms with E-state index in [4.69, 9.17) is 9.26 Å². The van der Waals surface area contributed by atoms with Crippen molar-refractivity contribution in [3.05, 3.63) is 11.7 Å². The maximum atomic E-state index is 11.7. The molecule has 1 aliphatic heterocycles. The van der Waals surface area contributed by atoms with Crippen LogP contribution in [0.1, 0.15) is 31.5 Å². The van der Waals surface area contributed by atoms with Crippen LogP contribution in [0.25, 0.3) is 0 Å². The molecule has 1 fully saturated rings. The average molecular weight is 253 g/mol. The number of carbonyl (C=O) groups excluding carboxylic acids is 1. The SMILES string of the molecule is COCC(=O)N1CCC(C)(c2nc(C)no2)CC1. The van der Waals surface area contributed by atoms with Crippen molar-refractivity contribution in [3.63, 3.8) is 0 Å². The summed E-state index contributed by atoms with van der Waals surface area (Å²) in [6.07, 6.45) is 1.67. The molecule has 1 saturated heterocycles. The molecule has 18 heavy (non-hydrogen) atoms. The number of hydrogen-bond donors (Lipinski definition) is 0. The van der Waals surface area contributed by atoms with E-state index in [1.807, 2.05) is 11.8 Å². The first-order valence-electron chi connectivity index (χ1n) is 6.13. The zero-order valence-electron chi connectivity index (χ0n) is 11.1. The summed E-state index contributed by atoms with van der Waals surface area (Å²) in [6, 6.07) is 0. The lowest BCUT2D eigenvalue weighted by molar-refractivity contribution is -0.136. The average Bonchev–Trinajstić information content (AvgIpc) is 2.78. The number of ether oxygens (including phenoxy) is 1. The Balaban J connectivity index is 1.99. The summed E-state index contributed by atoms with van der Waals surface area (Å²) < 4.78 is 10.1. The minimum absolute atomic E-state index is 0.0428. The molecule has 0 radical (unpaired) electrons. The van der Waals surface area contributed by atoms with Crippen LogP contribution in [0.5, 0.6) is 0 Å². The van der Waals surface area contributed by atoms with Gasteiger partial charge in [0.1, 0.15) is 6.61 Å². The maximum Gasteiger partial charge on any atom is 0.248 e. The number of methoxy groups -OCH3 is 1. The molecule has 1 aromatic rings. The normalized spacial score (nSPS) is 18.9. The molecule has 1 aliphatic rings. The van der Waals surface area contributed by atoms with E-state index in [-0.39, 0.29) is 17.9 Å². The smallest absolute Gasteiger partial charge is 0.248 e. The van der Waals surface area contributed by atoms with Crippen LogP contribution >= 0.6 is 0 Å². The van der Waals surface area contributed by atoms with Gasteiger partial charge in [0.2, 0.25) is 11.8 Å². The third-order valence-electron chi connectivity index (χ3n) is 3.53. The molecule has 100 valence electrons. The van der Waals surface area contributed by atoms with Crippen LogP contribution in [0, 0.1) is 6.92 Å². The standard InChI is InChI=1S/C12H19N3O3/c1-9-13-11(18-14-9)12(2)4-6-15(7-5-12)10(16)8-17-3/h4-8H2,1-3H3. The van der Waals surface area contributed by atoms with Crippen LogP contribution in [0.4, 0.5) is 0 Å². The van der Waals surface area contributed by atoms with E-state index in [2.05, 4.69) is 17.1 Å². The molecule has 1 amide bonds. The van der Waals surface area contributed by atoms with Crippen molar-refractivity contribution in [3.8, 4) is 0 Å². The summed E-state index contributed by atoms with van der Waals surface area (Å²) in [4.78, 5) is 17.8. The Kier molecular flexibility index (Phi) is 3.65. The molecule has 0 saturated carbocycles. The lowest BCUT2D eigenvalue weighted by Gasteiger charge is -2.36. The third-order valence-corrected chi connectivity index (χ3v) is 3.53. The van der Waals surface area contributed by atoms with Crippen molar-refractivity contribution in [1.29, 1.82) is 0 Å². The summed E-state index contributed by atoms with van der Waals surface area (Å²) in [7, 11) is 1.53.